The zero-order valence-corrected chi connectivity index (χ0v) is 12.6. The van der Waals surface area contributed by atoms with Gasteiger partial charge in [0.05, 0.1) is 5.52 Å². The number of aromatic nitrogens is 1. The molecule has 0 saturated heterocycles. The van der Waals surface area contributed by atoms with E-state index < -0.39 is 0 Å². The highest BCUT2D eigenvalue weighted by atomic mass is 35.5. The van der Waals surface area contributed by atoms with Crippen molar-refractivity contribution in [2.45, 2.75) is 12.5 Å². The maximum absolute atomic E-state index is 6.11. The Bertz CT molecular complexity index is 750. The van der Waals surface area contributed by atoms with Gasteiger partial charge in [0.15, 0.2) is 0 Å². The fourth-order valence-corrected chi connectivity index (χ4v) is 2.86. The van der Waals surface area contributed by atoms with Crippen LogP contribution >= 0.6 is 11.6 Å². The Kier molecular flexibility index (Phi) is 4.18. The summed E-state index contributed by atoms with van der Waals surface area (Å²) in [6, 6.07) is 18.6. The number of hydrogen-bond donors (Lipinski definition) is 1. The van der Waals surface area contributed by atoms with Crippen molar-refractivity contribution in [1.29, 1.82) is 0 Å². The largest absolute Gasteiger partial charge is 0.313 e. The maximum atomic E-state index is 6.11. The Morgan fingerprint density at radius 1 is 1.10 bits per heavy atom. The van der Waals surface area contributed by atoms with Gasteiger partial charge in [-0.3, -0.25) is 4.98 Å². The molecule has 0 aliphatic heterocycles. The van der Waals surface area contributed by atoms with Crippen molar-refractivity contribution in [3.8, 4) is 0 Å². The summed E-state index contributed by atoms with van der Waals surface area (Å²) in [5.74, 6) is 0. The first kappa shape index (κ1) is 14.1. The molecule has 1 unspecified atom stereocenters. The smallest absolute Gasteiger partial charge is 0.0704 e. The minimum Gasteiger partial charge on any atom is -0.313 e. The van der Waals surface area contributed by atoms with Crippen molar-refractivity contribution >= 4 is 22.5 Å². The molecule has 21 heavy (non-hydrogen) atoms. The Labute approximate surface area is 129 Å². The second-order valence-corrected chi connectivity index (χ2v) is 5.52. The molecule has 1 aromatic heterocycles. The summed E-state index contributed by atoms with van der Waals surface area (Å²) in [6.45, 7) is 0. The number of rotatable bonds is 4. The van der Waals surface area contributed by atoms with Gasteiger partial charge >= 0.3 is 0 Å². The van der Waals surface area contributed by atoms with Crippen LogP contribution in [0, 0.1) is 0 Å². The summed E-state index contributed by atoms with van der Waals surface area (Å²) in [6.07, 6.45) is 2.78. The zero-order chi connectivity index (χ0) is 14.7. The van der Waals surface area contributed by atoms with Gasteiger partial charge in [-0.1, -0.05) is 41.9 Å². The van der Waals surface area contributed by atoms with Gasteiger partial charge in [-0.15, -0.1) is 0 Å². The van der Waals surface area contributed by atoms with Crippen LogP contribution in [0.1, 0.15) is 17.2 Å². The van der Waals surface area contributed by atoms with E-state index in [1.54, 1.807) is 0 Å². The van der Waals surface area contributed by atoms with Crippen molar-refractivity contribution in [2.75, 3.05) is 7.05 Å². The van der Waals surface area contributed by atoms with Crippen LogP contribution in [0.2, 0.25) is 5.02 Å². The molecule has 1 N–H and O–H groups in total. The SMILES string of the molecule is CNC(Cc1ccnc2ccccc12)c1cccc(Cl)c1. The first-order valence-corrected chi connectivity index (χ1v) is 7.41. The van der Waals surface area contributed by atoms with Crippen molar-refractivity contribution in [2.24, 2.45) is 0 Å². The van der Waals surface area contributed by atoms with Crippen molar-refractivity contribution in [1.82, 2.24) is 10.3 Å². The first-order chi connectivity index (χ1) is 10.3. The summed E-state index contributed by atoms with van der Waals surface area (Å²) in [5, 5.41) is 5.36. The Morgan fingerprint density at radius 2 is 1.95 bits per heavy atom. The standard InChI is InChI=1S/C18H17ClN2/c1-20-18(14-5-4-6-15(19)11-14)12-13-9-10-21-17-8-3-2-7-16(13)17/h2-11,18,20H,12H2,1H3. The molecule has 0 aliphatic carbocycles. The van der Waals surface area contributed by atoms with Gasteiger partial charge in [0.25, 0.3) is 0 Å². The third-order valence-electron chi connectivity index (χ3n) is 3.76. The van der Waals surface area contributed by atoms with Crippen LogP contribution in [-0.2, 0) is 6.42 Å². The molecule has 0 fully saturated rings. The molecule has 1 heterocycles. The molecule has 1 atom stereocenters. The van der Waals surface area contributed by atoms with Gasteiger partial charge in [-0.05, 0) is 48.9 Å². The summed E-state index contributed by atoms with van der Waals surface area (Å²) in [4.78, 5) is 4.42. The number of pyridine rings is 1. The number of likely N-dealkylation sites (N-methyl/N-ethyl adjacent to an activating group) is 1. The molecule has 106 valence electrons. The first-order valence-electron chi connectivity index (χ1n) is 7.03. The maximum Gasteiger partial charge on any atom is 0.0704 e. The lowest BCUT2D eigenvalue weighted by Gasteiger charge is -2.18. The van der Waals surface area contributed by atoms with E-state index in [0.717, 1.165) is 17.0 Å². The van der Waals surface area contributed by atoms with Crippen LogP contribution in [0.4, 0.5) is 0 Å². The van der Waals surface area contributed by atoms with Gasteiger partial charge < -0.3 is 5.32 Å². The van der Waals surface area contributed by atoms with Crippen LogP contribution in [0.15, 0.2) is 60.8 Å². The van der Waals surface area contributed by atoms with Gasteiger partial charge in [-0.25, -0.2) is 0 Å². The van der Waals surface area contributed by atoms with E-state index in [9.17, 15) is 0 Å². The van der Waals surface area contributed by atoms with Crippen LogP contribution in [0.5, 0.6) is 0 Å². The Hall–Kier alpha value is -1.90. The number of fused-ring (bicyclic) bond motifs is 1. The molecule has 0 aliphatic rings. The fourth-order valence-electron chi connectivity index (χ4n) is 2.66. The highest BCUT2D eigenvalue weighted by Crippen LogP contribution is 2.24. The van der Waals surface area contributed by atoms with Crippen LogP contribution in [0.25, 0.3) is 10.9 Å². The lowest BCUT2D eigenvalue weighted by Crippen LogP contribution is -2.19. The molecule has 0 spiro atoms. The lowest BCUT2D eigenvalue weighted by atomic mass is 9.97. The summed E-state index contributed by atoms with van der Waals surface area (Å²) < 4.78 is 0. The second-order valence-electron chi connectivity index (χ2n) is 5.09. The molecule has 3 rings (SSSR count). The van der Waals surface area contributed by atoms with Crippen molar-refractivity contribution in [3.63, 3.8) is 0 Å². The number of para-hydroxylation sites is 1. The van der Waals surface area contributed by atoms with Gasteiger partial charge in [-0.2, -0.15) is 0 Å². The van der Waals surface area contributed by atoms with Crippen LogP contribution < -0.4 is 5.32 Å². The topological polar surface area (TPSA) is 24.9 Å². The molecular formula is C18H17ClN2. The molecule has 0 bridgehead atoms. The monoisotopic (exact) mass is 296 g/mol. The molecule has 0 radical (unpaired) electrons. The van der Waals surface area contributed by atoms with Gasteiger partial charge in [0.1, 0.15) is 0 Å². The van der Waals surface area contributed by atoms with Crippen molar-refractivity contribution < 1.29 is 0 Å². The molecule has 3 heteroatoms. The molecular weight excluding hydrogens is 280 g/mol. The van der Waals surface area contributed by atoms with Gasteiger partial charge in [0.2, 0.25) is 0 Å². The minimum atomic E-state index is 0.231. The molecule has 2 aromatic carbocycles. The molecule has 0 amide bonds. The predicted molar refractivity (Wildman–Crippen MR) is 88.7 cm³/mol. The van der Waals surface area contributed by atoms with E-state index in [1.807, 2.05) is 43.6 Å². The lowest BCUT2D eigenvalue weighted by molar-refractivity contribution is 0.594. The van der Waals surface area contributed by atoms with E-state index in [0.29, 0.717) is 0 Å². The molecule has 2 nitrogen and oxygen atoms in total. The number of benzene rings is 2. The Morgan fingerprint density at radius 3 is 2.76 bits per heavy atom. The number of halogens is 1. The summed E-state index contributed by atoms with van der Waals surface area (Å²) in [5.41, 5.74) is 3.53. The minimum absolute atomic E-state index is 0.231. The number of hydrogen-bond acceptors (Lipinski definition) is 2. The van der Waals surface area contributed by atoms with Crippen LogP contribution in [-0.4, -0.2) is 12.0 Å². The highest BCUT2D eigenvalue weighted by Gasteiger charge is 2.12. The highest BCUT2D eigenvalue weighted by molar-refractivity contribution is 6.30. The van der Waals surface area contributed by atoms with Crippen LogP contribution in [0.3, 0.4) is 0 Å². The van der Waals surface area contributed by atoms with E-state index >= 15 is 0 Å². The number of nitrogens with zero attached hydrogens (tertiary/aromatic N) is 1. The van der Waals surface area contributed by atoms with E-state index in [-0.39, 0.29) is 6.04 Å². The average molecular weight is 297 g/mol. The zero-order valence-electron chi connectivity index (χ0n) is 11.9. The second kappa shape index (κ2) is 6.25. The van der Waals surface area contributed by atoms with E-state index in [4.69, 9.17) is 11.6 Å². The number of nitrogens with one attached hydrogen (secondary N) is 1. The third-order valence-corrected chi connectivity index (χ3v) is 4.00. The summed E-state index contributed by atoms with van der Waals surface area (Å²) >= 11 is 6.11. The molecule has 0 saturated carbocycles. The average Bonchev–Trinajstić information content (AvgIpc) is 2.52. The third kappa shape index (κ3) is 3.07. The fraction of sp³-hybridized carbons (Fsp3) is 0.167. The predicted octanol–water partition coefficient (Wildman–Crippen LogP) is 4.39. The van der Waals surface area contributed by atoms with E-state index in [1.165, 1.54) is 16.5 Å². The normalized spacial score (nSPS) is 12.5. The Balaban J connectivity index is 1.96. The summed E-state index contributed by atoms with van der Waals surface area (Å²) in [7, 11) is 1.98. The molecule has 3 aromatic rings. The van der Waals surface area contributed by atoms with Crippen molar-refractivity contribution in [3.05, 3.63) is 76.9 Å². The quantitative estimate of drug-likeness (QED) is 0.772. The van der Waals surface area contributed by atoms with Gasteiger partial charge in [0, 0.05) is 22.6 Å². The van der Waals surface area contributed by atoms with E-state index in [2.05, 4.69) is 34.6 Å².